The number of piperidine rings is 1. The quantitative estimate of drug-likeness (QED) is 0.879. The molecule has 1 amide bonds. The number of likely N-dealkylation sites (tertiary alicyclic amines) is 1. The van der Waals surface area contributed by atoms with E-state index in [9.17, 15) is 9.90 Å². The Bertz CT molecular complexity index is 807. The number of ether oxygens (including phenoxy) is 1. The Morgan fingerprint density at radius 1 is 1.04 bits per heavy atom. The molecule has 0 spiro atoms. The van der Waals surface area contributed by atoms with Gasteiger partial charge in [-0.3, -0.25) is 4.79 Å². The van der Waals surface area contributed by atoms with E-state index in [-0.39, 0.29) is 12.5 Å². The predicted molar refractivity (Wildman–Crippen MR) is 107 cm³/mol. The third kappa shape index (κ3) is 4.89. The van der Waals surface area contributed by atoms with Crippen LogP contribution in [0.5, 0.6) is 5.75 Å². The molecular weight excluding hydrogens is 338 g/mol. The van der Waals surface area contributed by atoms with Gasteiger partial charge in [0, 0.05) is 13.1 Å². The minimum Gasteiger partial charge on any atom is -0.491 e. The van der Waals surface area contributed by atoms with Crippen molar-refractivity contribution in [1.82, 2.24) is 4.90 Å². The molecular formula is C23H29NO3. The summed E-state index contributed by atoms with van der Waals surface area (Å²) in [6, 6.07) is 14.0. The topological polar surface area (TPSA) is 49.8 Å². The Morgan fingerprint density at radius 3 is 2.41 bits per heavy atom. The van der Waals surface area contributed by atoms with Gasteiger partial charge >= 0.3 is 0 Å². The van der Waals surface area contributed by atoms with Crippen LogP contribution in [0.1, 0.15) is 35.1 Å². The molecule has 2 aromatic carbocycles. The second-order valence-electron chi connectivity index (χ2n) is 7.74. The summed E-state index contributed by atoms with van der Waals surface area (Å²) >= 11 is 0. The van der Waals surface area contributed by atoms with Crippen LogP contribution in [-0.4, -0.2) is 41.2 Å². The smallest absolute Gasteiger partial charge is 0.227 e. The lowest BCUT2D eigenvalue weighted by atomic mass is 9.92. The highest BCUT2D eigenvalue weighted by Gasteiger charge is 2.34. The number of rotatable bonds is 5. The number of hydrogen-bond acceptors (Lipinski definition) is 3. The predicted octanol–water partition coefficient (Wildman–Crippen LogP) is 3.59. The van der Waals surface area contributed by atoms with Gasteiger partial charge in [0.05, 0.1) is 6.42 Å². The summed E-state index contributed by atoms with van der Waals surface area (Å²) in [5.41, 5.74) is 3.73. The number of hydrogen-bond donors (Lipinski definition) is 1. The van der Waals surface area contributed by atoms with Gasteiger partial charge < -0.3 is 14.7 Å². The van der Waals surface area contributed by atoms with Crippen molar-refractivity contribution in [1.29, 1.82) is 0 Å². The molecule has 1 N–H and O–H groups in total. The van der Waals surface area contributed by atoms with Crippen LogP contribution >= 0.6 is 0 Å². The molecule has 27 heavy (non-hydrogen) atoms. The molecule has 4 heteroatoms. The average molecular weight is 367 g/mol. The maximum atomic E-state index is 12.6. The highest BCUT2D eigenvalue weighted by atomic mass is 16.5. The molecule has 144 valence electrons. The first kappa shape index (κ1) is 19.4. The monoisotopic (exact) mass is 367 g/mol. The fraction of sp³-hybridized carbons (Fsp3) is 0.435. The lowest BCUT2D eigenvalue weighted by molar-refractivity contribution is -0.135. The molecule has 1 aliphatic heterocycles. The molecule has 0 aliphatic carbocycles. The van der Waals surface area contributed by atoms with Crippen LogP contribution in [0, 0.1) is 20.8 Å². The van der Waals surface area contributed by atoms with Gasteiger partial charge in [0.15, 0.2) is 0 Å². The summed E-state index contributed by atoms with van der Waals surface area (Å²) in [6.45, 7) is 7.54. The van der Waals surface area contributed by atoms with Gasteiger partial charge in [-0.25, -0.2) is 0 Å². The zero-order valence-electron chi connectivity index (χ0n) is 16.5. The summed E-state index contributed by atoms with van der Waals surface area (Å²) in [5.74, 6) is 0.908. The van der Waals surface area contributed by atoms with Crippen molar-refractivity contribution in [3.05, 3.63) is 64.7 Å². The average Bonchev–Trinajstić information content (AvgIpc) is 2.65. The van der Waals surface area contributed by atoms with E-state index in [0.29, 0.717) is 32.4 Å². The van der Waals surface area contributed by atoms with E-state index in [2.05, 4.69) is 13.8 Å². The molecule has 0 saturated carbocycles. The van der Waals surface area contributed by atoms with Gasteiger partial charge in [-0.15, -0.1) is 0 Å². The third-order valence-electron chi connectivity index (χ3n) is 5.64. The van der Waals surface area contributed by atoms with E-state index < -0.39 is 5.60 Å². The first-order valence-electron chi connectivity index (χ1n) is 9.61. The van der Waals surface area contributed by atoms with Crippen molar-refractivity contribution in [3.63, 3.8) is 0 Å². The normalized spacial score (nSPS) is 16.2. The molecule has 1 aliphatic rings. The number of nitrogens with zero attached hydrogens (tertiary/aromatic N) is 1. The molecule has 0 atom stereocenters. The number of aryl methyl sites for hydroxylation is 3. The Hall–Kier alpha value is -2.33. The second-order valence-corrected chi connectivity index (χ2v) is 7.74. The van der Waals surface area contributed by atoms with E-state index in [4.69, 9.17) is 4.74 Å². The van der Waals surface area contributed by atoms with Crippen LogP contribution in [0.4, 0.5) is 0 Å². The summed E-state index contributed by atoms with van der Waals surface area (Å²) < 4.78 is 5.84. The van der Waals surface area contributed by atoms with Crippen LogP contribution in [0.25, 0.3) is 0 Å². The molecule has 0 radical (unpaired) electrons. The van der Waals surface area contributed by atoms with E-state index in [1.54, 1.807) is 0 Å². The highest BCUT2D eigenvalue weighted by molar-refractivity contribution is 5.79. The first-order chi connectivity index (χ1) is 12.9. The Kier molecular flexibility index (Phi) is 5.85. The summed E-state index contributed by atoms with van der Waals surface area (Å²) in [4.78, 5) is 14.5. The van der Waals surface area contributed by atoms with Crippen LogP contribution in [0.3, 0.4) is 0 Å². The van der Waals surface area contributed by atoms with E-state index in [1.807, 2.05) is 54.3 Å². The Morgan fingerprint density at radius 2 is 1.74 bits per heavy atom. The number of carbonyl (C=O) groups excluding carboxylic acids is 1. The van der Waals surface area contributed by atoms with Gasteiger partial charge in [0.25, 0.3) is 0 Å². The number of aliphatic hydroxyl groups is 1. The number of carbonyl (C=O) groups is 1. The fourth-order valence-electron chi connectivity index (χ4n) is 3.42. The Labute approximate surface area is 161 Å². The minimum absolute atomic E-state index is 0.126. The zero-order chi connectivity index (χ0) is 19.4. The summed E-state index contributed by atoms with van der Waals surface area (Å²) in [7, 11) is 0. The summed E-state index contributed by atoms with van der Waals surface area (Å²) in [5, 5.41) is 10.8. The largest absolute Gasteiger partial charge is 0.491 e. The maximum Gasteiger partial charge on any atom is 0.227 e. The van der Waals surface area contributed by atoms with E-state index >= 15 is 0 Å². The van der Waals surface area contributed by atoms with Crippen LogP contribution in [0.2, 0.25) is 0 Å². The number of amides is 1. The molecule has 4 nitrogen and oxygen atoms in total. The van der Waals surface area contributed by atoms with Crippen molar-refractivity contribution in [2.24, 2.45) is 0 Å². The van der Waals surface area contributed by atoms with E-state index in [1.165, 1.54) is 11.1 Å². The van der Waals surface area contributed by atoms with Gasteiger partial charge in [-0.1, -0.05) is 30.3 Å². The van der Waals surface area contributed by atoms with Gasteiger partial charge in [0.1, 0.15) is 18.0 Å². The number of benzene rings is 2. The van der Waals surface area contributed by atoms with Crippen molar-refractivity contribution in [2.45, 2.75) is 45.6 Å². The van der Waals surface area contributed by atoms with E-state index in [0.717, 1.165) is 16.9 Å². The Balaban J connectivity index is 1.51. The first-order valence-corrected chi connectivity index (χ1v) is 9.61. The van der Waals surface area contributed by atoms with Crippen LogP contribution in [0.15, 0.2) is 42.5 Å². The lowest BCUT2D eigenvalue weighted by Crippen LogP contribution is -2.49. The molecule has 2 aromatic rings. The molecule has 1 saturated heterocycles. The van der Waals surface area contributed by atoms with Crippen LogP contribution < -0.4 is 4.74 Å². The lowest BCUT2D eigenvalue weighted by Gasteiger charge is -2.38. The van der Waals surface area contributed by atoms with Gasteiger partial charge in [-0.05, 0) is 68.0 Å². The second kappa shape index (κ2) is 8.13. The standard InChI is InChI=1S/C23H29NO3/c1-17-8-9-21(14-19(17)3)27-16-23(26)10-12-24(13-11-23)22(25)15-20-7-5-4-6-18(20)2/h4-9,14,26H,10-13,15-16H2,1-3H3. The van der Waals surface area contributed by atoms with Crippen molar-refractivity contribution in [3.8, 4) is 5.75 Å². The maximum absolute atomic E-state index is 12.6. The van der Waals surface area contributed by atoms with Gasteiger partial charge in [-0.2, -0.15) is 0 Å². The molecule has 0 unspecified atom stereocenters. The SMILES string of the molecule is Cc1ccc(OCC2(O)CCN(C(=O)Cc3ccccc3C)CC2)cc1C. The molecule has 3 rings (SSSR count). The van der Waals surface area contributed by atoms with Crippen LogP contribution in [-0.2, 0) is 11.2 Å². The van der Waals surface area contributed by atoms with Crippen molar-refractivity contribution >= 4 is 5.91 Å². The molecule has 1 fully saturated rings. The molecule has 0 bridgehead atoms. The zero-order valence-corrected chi connectivity index (χ0v) is 16.5. The highest BCUT2D eigenvalue weighted by Crippen LogP contribution is 2.25. The molecule has 0 aromatic heterocycles. The minimum atomic E-state index is -0.877. The van der Waals surface area contributed by atoms with Crippen molar-refractivity contribution in [2.75, 3.05) is 19.7 Å². The van der Waals surface area contributed by atoms with Crippen molar-refractivity contribution < 1.29 is 14.6 Å². The third-order valence-corrected chi connectivity index (χ3v) is 5.64. The molecule has 1 heterocycles. The van der Waals surface area contributed by atoms with Gasteiger partial charge in [0.2, 0.25) is 5.91 Å². The summed E-state index contributed by atoms with van der Waals surface area (Å²) in [6.07, 6.45) is 1.50. The fourth-order valence-corrected chi connectivity index (χ4v) is 3.42.